The van der Waals surface area contributed by atoms with E-state index in [1.165, 1.54) is 0 Å². The SMILES string of the molecule is CC(CC(=O)O)/C(Cl)=C/c1ccccc1. The maximum atomic E-state index is 10.5. The molecule has 0 heterocycles. The van der Waals surface area contributed by atoms with E-state index in [0.717, 1.165) is 5.56 Å². The number of benzene rings is 1. The van der Waals surface area contributed by atoms with Crippen LogP contribution in [-0.2, 0) is 4.79 Å². The Morgan fingerprint density at radius 3 is 2.60 bits per heavy atom. The number of carboxylic acids is 1. The van der Waals surface area contributed by atoms with Crippen LogP contribution < -0.4 is 0 Å². The molecule has 15 heavy (non-hydrogen) atoms. The molecule has 80 valence electrons. The number of hydrogen-bond acceptors (Lipinski definition) is 1. The molecule has 1 rings (SSSR count). The third-order valence-electron chi connectivity index (χ3n) is 2.06. The van der Waals surface area contributed by atoms with Gasteiger partial charge in [-0.25, -0.2) is 0 Å². The van der Waals surface area contributed by atoms with Gasteiger partial charge in [0.05, 0.1) is 6.42 Å². The van der Waals surface area contributed by atoms with E-state index >= 15 is 0 Å². The number of carboxylic acid groups (broad SMARTS) is 1. The quantitative estimate of drug-likeness (QED) is 0.852. The van der Waals surface area contributed by atoms with Gasteiger partial charge in [0.2, 0.25) is 0 Å². The topological polar surface area (TPSA) is 37.3 Å². The van der Waals surface area contributed by atoms with E-state index in [-0.39, 0.29) is 12.3 Å². The summed E-state index contributed by atoms with van der Waals surface area (Å²) in [5.74, 6) is -0.980. The van der Waals surface area contributed by atoms with Gasteiger partial charge < -0.3 is 5.11 Å². The van der Waals surface area contributed by atoms with Gasteiger partial charge in [-0.05, 0) is 11.6 Å². The minimum absolute atomic E-state index is 0.0577. The van der Waals surface area contributed by atoms with Crippen LogP contribution in [0, 0.1) is 5.92 Å². The molecule has 1 atom stereocenters. The number of allylic oxidation sites excluding steroid dienone is 1. The summed E-state index contributed by atoms with van der Waals surface area (Å²) >= 11 is 6.01. The smallest absolute Gasteiger partial charge is 0.303 e. The van der Waals surface area contributed by atoms with Gasteiger partial charge in [-0.2, -0.15) is 0 Å². The van der Waals surface area contributed by atoms with E-state index in [1.807, 2.05) is 30.3 Å². The second-order valence-corrected chi connectivity index (χ2v) is 3.88. The molecular weight excluding hydrogens is 212 g/mol. The molecule has 0 spiro atoms. The lowest BCUT2D eigenvalue weighted by atomic mass is 10.1. The first-order valence-corrected chi connectivity index (χ1v) is 5.11. The lowest BCUT2D eigenvalue weighted by Crippen LogP contribution is -2.03. The molecule has 0 bridgehead atoms. The van der Waals surface area contributed by atoms with Crippen molar-refractivity contribution in [2.45, 2.75) is 13.3 Å². The van der Waals surface area contributed by atoms with Crippen LogP contribution in [0.5, 0.6) is 0 Å². The number of rotatable bonds is 4. The number of carbonyl (C=O) groups is 1. The Morgan fingerprint density at radius 2 is 2.07 bits per heavy atom. The van der Waals surface area contributed by atoms with Crippen molar-refractivity contribution in [1.29, 1.82) is 0 Å². The normalized spacial score (nSPS) is 13.6. The fourth-order valence-corrected chi connectivity index (χ4v) is 1.41. The van der Waals surface area contributed by atoms with Crippen LogP contribution in [0.3, 0.4) is 0 Å². The lowest BCUT2D eigenvalue weighted by molar-refractivity contribution is -0.137. The maximum Gasteiger partial charge on any atom is 0.303 e. The molecule has 3 heteroatoms. The Bertz CT molecular complexity index is 357. The molecule has 0 saturated heterocycles. The van der Waals surface area contributed by atoms with Gasteiger partial charge in [-0.15, -0.1) is 0 Å². The van der Waals surface area contributed by atoms with Crippen molar-refractivity contribution in [3.63, 3.8) is 0 Å². The van der Waals surface area contributed by atoms with Gasteiger partial charge in [-0.3, -0.25) is 4.79 Å². The third kappa shape index (κ3) is 4.17. The third-order valence-corrected chi connectivity index (χ3v) is 2.54. The van der Waals surface area contributed by atoms with Crippen LogP contribution in [0.15, 0.2) is 35.4 Å². The van der Waals surface area contributed by atoms with E-state index < -0.39 is 5.97 Å². The standard InChI is InChI=1S/C12H13ClO2/c1-9(7-12(14)15)11(13)8-10-5-3-2-4-6-10/h2-6,8-9H,7H2,1H3,(H,14,15)/b11-8-. The van der Waals surface area contributed by atoms with E-state index in [2.05, 4.69) is 0 Å². The molecule has 0 aliphatic rings. The van der Waals surface area contributed by atoms with Crippen molar-refractivity contribution < 1.29 is 9.90 Å². The number of halogens is 1. The average Bonchev–Trinajstić information content (AvgIpc) is 2.18. The van der Waals surface area contributed by atoms with E-state index in [4.69, 9.17) is 16.7 Å². The Hall–Kier alpha value is -1.28. The number of hydrogen-bond donors (Lipinski definition) is 1. The van der Waals surface area contributed by atoms with Gasteiger partial charge >= 0.3 is 5.97 Å². The van der Waals surface area contributed by atoms with Crippen LogP contribution in [0.25, 0.3) is 6.08 Å². The minimum Gasteiger partial charge on any atom is -0.481 e. The lowest BCUT2D eigenvalue weighted by Gasteiger charge is -2.06. The Morgan fingerprint density at radius 1 is 1.47 bits per heavy atom. The van der Waals surface area contributed by atoms with Crippen molar-refractivity contribution >= 4 is 23.6 Å². The molecule has 1 aromatic rings. The highest BCUT2D eigenvalue weighted by atomic mass is 35.5. The van der Waals surface area contributed by atoms with Crippen LogP contribution in [0.1, 0.15) is 18.9 Å². The summed E-state index contributed by atoms with van der Waals surface area (Å²) < 4.78 is 0. The van der Waals surface area contributed by atoms with E-state index in [1.54, 1.807) is 13.0 Å². The summed E-state index contributed by atoms with van der Waals surface area (Å²) in [6.45, 7) is 1.80. The van der Waals surface area contributed by atoms with E-state index in [0.29, 0.717) is 5.03 Å². The van der Waals surface area contributed by atoms with Crippen LogP contribution in [0.4, 0.5) is 0 Å². The maximum absolute atomic E-state index is 10.5. The Labute approximate surface area is 94.2 Å². The minimum atomic E-state index is -0.831. The van der Waals surface area contributed by atoms with Gasteiger partial charge in [0.15, 0.2) is 0 Å². The molecule has 0 fully saturated rings. The highest BCUT2D eigenvalue weighted by Crippen LogP contribution is 2.21. The van der Waals surface area contributed by atoms with Crippen LogP contribution >= 0.6 is 11.6 Å². The molecule has 0 aliphatic carbocycles. The van der Waals surface area contributed by atoms with Crippen LogP contribution in [-0.4, -0.2) is 11.1 Å². The molecular formula is C12H13ClO2. The number of aliphatic carboxylic acids is 1. The first-order valence-electron chi connectivity index (χ1n) is 4.73. The second kappa shape index (κ2) is 5.56. The molecule has 1 N–H and O–H groups in total. The van der Waals surface area contributed by atoms with Crippen molar-refractivity contribution in [3.05, 3.63) is 40.9 Å². The van der Waals surface area contributed by atoms with Gasteiger partial charge in [-0.1, -0.05) is 48.9 Å². The molecule has 0 amide bonds. The van der Waals surface area contributed by atoms with Crippen LogP contribution in [0.2, 0.25) is 0 Å². The zero-order valence-corrected chi connectivity index (χ0v) is 9.24. The Balaban J connectivity index is 2.71. The summed E-state index contributed by atoms with van der Waals surface area (Å²) in [6, 6.07) is 9.60. The fourth-order valence-electron chi connectivity index (χ4n) is 1.21. The monoisotopic (exact) mass is 224 g/mol. The summed E-state index contributed by atoms with van der Waals surface area (Å²) in [6.07, 6.45) is 1.86. The van der Waals surface area contributed by atoms with Gasteiger partial charge in [0, 0.05) is 11.0 Å². The zero-order chi connectivity index (χ0) is 11.3. The van der Waals surface area contributed by atoms with E-state index in [9.17, 15) is 4.79 Å². The zero-order valence-electron chi connectivity index (χ0n) is 8.48. The fraction of sp³-hybridized carbons (Fsp3) is 0.250. The van der Waals surface area contributed by atoms with Gasteiger partial charge in [0.25, 0.3) is 0 Å². The molecule has 0 radical (unpaired) electrons. The summed E-state index contributed by atoms with van der Waals surface area (Å²) in [7, 11) is 0. The summed E-state index contributed by atoms with van der Waals surface area (Å²) in [4.78, 5) is 10.5. The predicted molar refractivity (Wildman–Crippen MR) is 61.7 cm³/mol. The van der Waals surface area contributed by atoms with Crippen molar-refractivity contribution in [2.24, 2.45) is 5.92 Å². The first kappa shape index (κ1) is 11.8. The van der Waals surface area contributed by atoms with Crippen molar-refractivity contribution in [3.8, 4) is 0 Å². The summed E-state index contributed by atoms with van der Waals surface area (Å²) in [5.41, 5.74) is 0.986. The molecule has 0 saturated carbocycles. The molecule has 1 unspecified atom stereocenters. The first-order chi connectivity index (χ1) is 7.09. The van der Waals surface area contributed by atoms with Crippen molar-refractivity contribution in [1.82, 2.24) is 0 Å². The predicted octanol–water partition coefficient (Wildman–Crippen LogP) is 3.38. The summed E-state index contributed by atoms with van der Waals surface area (Å²) in [5, 5.41) is 9.19. The molecule has 0 aromatic heterocycles. The van der Waals surface area contributed by atoms with Crippen molar-refractivity contribution in [2.75, 3.05) is 0 Å². The Kier molecular flexibility index (Phi) is 4.37. The largest absolute Gasteiger partial charge is 0.481 e. The highest BCUT2D eigenvalue weighted by Gasteiger charge is 2.10. The van der Waals surface area contributed by atoms with Gasteiger partial charge in [0.1, 0.15) is 0 Å². The average molecular weight is 225 g/mol. The highest BCUT2D eigenvalue weighted by molar-refractivity contribution is 6.31. The second-order valence-electron chi connectivity index (χ2n) is 3.44. The molecule has 1 aromatic carbocycles. The molecule has 2 nitrogen and oxygen atoms in total. The molecule has 0 aliphatic heterocycles.